The van der Waals surface area contributed by atoms with Crippen molar-refractivity contribution in [2.75, 3.05) is 13.6 Å². The number of nitrogens with zero attached hydrogens (tertiary/aromatic N) is 1. The van der Waals surface area contributed by atoms with E-state index in [-0.39, 0.29) is 17.9 Å². The summed E-state index contributed by atoms with van der Waals surface area (Å²) in [6.45, 7) is 6.58. The zero-order valence-corrected chi connectivity index (χ0v) is 15.4. The standard InChI is InChI=1S/C17H22ClN3OS/c1-10(9-19-4)16(22)20-11(2)17-21-15(12(3)23-17)13-5-7-14(18)8-6-13/h5-8,10-11,19H,9H2,1-4H3,(H,20,22). The first-order valence-corrected chi connectivity index (χ1v) is 8.80. The molecule has 0 aliphatic heterocycles. The maximum atomic E-state index is 12.1. The third kappa shape index (κ3) is 4.53. The first-order chi connectivity index (χ1) is 10.9. The summed E-state index contributed by atoms with van der Waals surface area (Å²) in [6, 6.07) is 7.55. The second-order valence-corrected chi connectivity index (χ2v) is 7.32. The fourth-order valence-corrected chi connectivity index (χ4v) is 3.37. The number of hydrogen-bond donors (Lipinski definition) is 2. The van der Waals surface area contributed by atoms with Crippen molar-refractivity contribution in [2.24, 2.45) is 5.92 Å². The lowest BCUT2D eigenvalue weighted by atomic mass is 10.1. The molecule has 0 saturated carbocycles. The lowest BCUT2D eigenvalue weighted by Crippen LogP contribution is -2.35. The van der Waals surface area contributed by atoms with Gasteiger partial charge in [0.15, 0.2) is 0 Å². The van der Waals surface area contributed by atoms with Crippen molar-refractivity contribution >= 4 is 28.8 Å². The smallest absolute Gasteiger partial charge is 0.224 e. The van der Waals surface area contributed by atoms with Crippen molar-refractivity contribution in [1.82, 2.24) is 15.6 Å². The molecule has 2 atom stereocenters. The van der Waals surface area contributed by atoms with Crippen molar-refractivity contribution in [2.45, 2.75) is 26.8 Å². The summed E-state index contributed by atoms with van der Waals surface area (Å²) >= 11 is 7.55. The Labute approximate surface area is 146 Å². The normalized spacial score (nSPS) is 13.6. The minimum absolute atomic E-state index is 0.0349. The van der Waals surface area contributed by atoms with Crippen LogP contribution in [0.2, 0.25) is 5.02 Å². The van der Waals surface area contributed by atoms with E-state index >= 15 is 0 Å². The Morgan fingerprint density at radius 1 is 1.30 bits per heavy atom. The van der Waals surface area contributed by atoms with Gasteiger partial charge in [-0.15, -0.1) is 11.3 Å². The molecule has 0 spiro atoms. The van der Waals surface area contributed by atoms with Gasteiger partial charge in [-0.3, -0.25) is 4.79 Å². The number of thiazole rings is 1. The van der Waals surface area contributed by atoms with Gasteiger partial charge in [0, 0.05) is 27.9 Å². The van der Waals surface area contributed by atoms with E-state index in [1.807, 2.05) is 52.1 Å². The highest BCUT2D eigenvalue weighted by Gasteiger charge is 2.19. The maximum Gasteiger partial charge on any atom is 0.224 e. The molecule has 0 aliphatic rings. The molecule has 6 heteroatoms. The third-order valence-electron chi connectivity index (χ3n) is 3.62. The van der Waals surface area contributed by atoms with E-state index in [4.69, 9.17) is 16.6 Å². The molecule has 0 radical (unpaired) electrons. The van der Waals surface area contributed by atoms with Crippen LogP contribution in [-0.2, 0) is 4.79 Å². The molecule has 2 rings (SSSR count). The van der Waals surface area contributed by atoms with Gasteiger partial charge in [-0.2, -0.15) is 0 Å². The molecule has 0 aliphatic carbocycles. The van der Waals surface area contributed by atoms with Crippen molar-refractivity contribution in [3.8, 4) is 11.3 Å². The first kappa shape index (κ1) is 17.9. The average molecular weight is 352 g/mol. The number of carbonyl (C=O) groups excluding carboxylic acids is 1. The number of aryl methyl sites for hydroxylation is 1. The quantitative estimate of drug-likeness (QED) is 0.832. The van der Waals surface area contributed by atoms with Gasteiger partial charge < -0.3 is 10.6 Å². The van der Waals surface area contributed by atoms with Crippen molar-refractivity contribution in [3.05, 3.63) is 39.2 Å². The Bertz CT molecular complexity index is 669. The SMILES string of the molecule is CNCC(C)C(=O)NC(C)c1nc(-c2ccc(Cl)cc2)c(C)s1. The topological polar surface area (TPSA) is 54.0 Å². The number of rotatable bonds is 6. The summed E-state index contributed by atoms with van der Waals surface area (Å²) < 4.78 is 0. The summed E-state index contributed by atoms with van der Waals surface area (Å²) in [7, 11) is 1.84. The number of nitrogens with one attached hydrogen (secondary N) is 2. The van der Waals surface area contributed by atoms with E-state index in [1.54, 1.807) is 11.3 Å². The highest BCUT2D eigenvalue weighted by molar-refractivity contribution is 7.12. The molecule has 23 heavy (non-hydrogen) atoms. The fourth-order valence-electron chi connectivity index (χ4n) is 2.29. The number of aromatic nitrogens is 1. The van der Waals surface area contributed by atoms with E-state index in [2.05, 4.69) is 10.6 Å². The van der Waals surface area contributed by atoms with Gasteiger partial charge in [-0.25, -0.2) is 4.98 Å². The Morgan fingerprint density at radius 3 is 2.57 bits per heavy atom. The van der Waals surface area contributed by atoms with Crippen LogP contribution in [-0.4, -0.2) is 24.5 Å². The number of carbonyl (C=O) groups is 1. The largest absolute Gasteiger partial charge is 0.347 e. The minimum atomic E-state index is -0.105. The zero-order valence-electron chi connectivity index (χ0n) is 13.8. The van der Waals surface area contributed by atoms with Crippen LogP contribution in [0.5, 0.6) is 0 Å². The fraction of sp³-hybridized carbons (Fsp3) is 0.412. The zero-order chi connectivity index (χ0) is 17.0. The van der Waals surface area contributed by atoms with Crippen LogP contribution in [0.25, 0.3) is 11.3 Å². The molecular weight excluding hydrogens is 330 g/mol. The van der Waals surface area contributed by atoms with E-state index in [9.17, 15) is 4.79 Å². The second-order valence-electron chi connectivity index (χ2n) is 5.65. The molecule has 1 aromatic carbocycles. The van der Waals surface area contributed by atoms with Gasteiger partial charge in [0.05, 0.1) is 11.7 Å². The van der Waals surface area contributed by atoms with Gasteiger partial charge in [0.2, 0.25) is 5.91 Å². The number of benzene rings is 1. The first-order valence-electron chi connectivity index (χ1n) is 7.60. The van der Waals surface area contributed by atoms with Gasteiger partial charge >= 0.3 is 0 Å². The predicted molar refractivity (Wildman–Crippen MR) is 96.9 cm³/mol. The molecule has 4 nitrogen and oxygen atoms in total. The van der Waals surface area contributed by atoms with Crippen LogP contribution in [0.15, 0.2) is 24.3 Å². The van der Waals surface area contributed by atoms with Gasteiger partial charge in [0.1, 0.15) is 5.01 Å². The van der Waals surface area contributed by atoms with Crippen LogP contribution in [0.4, 0.5) is 0 Å². The van der Waals surface area contributed by atoms with E-state index in [1.165, 1.54) is 0 Å². The monoisotopic (exact) mass is 351 g/mol. The lowest BCUT2D eigenvalue weighted by molar-refractivity contribution is -0.125. The van der Waals surface area contributed by atoms with E-state index in [0.29, 0.717) is 11.6 Å². The Kier molecular flexibility index (Phi) is 6.16. The second kappa shape index (κ2) is 7.90. The highest BCUT2D eigenvalue weighted by atomic mass is 35.5. The molecule has 124 valence electrons. The van der Waals surface area contributed by atoms with Crippen molar-refractivity contribution in [3.63, 3.8) is 0 Å². The summed E-state index contributed by atoms with van der Waals surface area (Å²) in [5.41, 5.74) is 1.99. The Balaban J connectivity index is 2.13. The molecule has 1 heterocycles. The molecule has 2 N–H and O–H groups in total. The van der Waals surface area contributed by atoms with Gasteiger partial charge in [-0.05, 0) is 33.0 Å². The van der Waals surface area contributed by atoms with E-state index < -0.39 is 0 Å². The minimum Gasteiger partial charge on any atom is -0.347 e. The third-order valence-corrected chi connectivity index (χ3v) is 5.02. The molecule has 1 amide bonds. The predicted octanol–water partition coefficient (Wildman–Crippen LogP) is 3.80. The summed E-state index contributed by atoms with van der Waals surface area (Å²) in [4.78, 5) is 18.0. The summed E-state index contributed by atoms with van der Waals surface area (Å²) in [5, 5.41) is 7.67. The highest BCUT2D eigenvalue weighted by Crippen LogP contribution is 2.31. The number of halogens is 1. The van der Waals surface area contributed by atoms with Crippen molar-refractivity contribution < 1.29 is 4.79 Å². The molecule has 0 bridgehead atoms. The van der Waals surface area contributed by atoms with Crippen LogP contribution in [0, 0.1) is 12.8 Å². The maximum absolute atomic E-state index is 12.1. The van der Waals surface area contributed by atoms with Gasteiger partial charge in [0.25, 0.3) is 0 Å². The lowest BCUT2D eigenvalue weighted by Gasteiger charge is -2.15. The van der Waals surface area contributed by atoms with Crippen LogP contribution >= 0.6 is 22.9 Å². The Morgan fingerprint density at radius 2 is 1.96 bits per heavy atom. The molecule has 2 unspecified atom stereocenters. The average Bonchev–Trinajstić information content (AvgIpc) is 2.90. The molecule has 0 saturated heterocycles. The molecule has 0 fully saturated rings. The van der Waals surface area contributed by atoms with Crippen LogP contribution in [0.3, 0.4) is 0 Å². The molecule has 1 aromatic heterocycles. The summed E-state index contributed by atoms with van der Waals surface area (Å²) in [6.07, 6.45) is 0. The van der Waals surface area contributed by atoms with Crippen molar-refractivity contribution in [1.29, 1.82) is 0 Å². The number of amides is 1. The van der Waals surface area contributed by atoms with E-state index in [0.717, 1.165) is 21.1 Å². The summed E-state index contributed by atoms with van der Waals surface area (Å²) in [5.74, 6) is -0.0352. The van der Waals surface area contributed by atoms with Gasteiger partial charge in [-0.1, -0.05) is 30.7 Å². The molecule has 2 aromatic rings. The van der Waals surface area contributed by atoms with Crippen LogP contribution < -0.4 is 10.6 Å². The number of hydrogen-bond acceptors (Lipinski definition) is 4. The molecular formula is C17H22ClN3OS. The van der Waals surface area contributed by atoms with Crippen LogP contribution in [0.1, 0.15) is 29.8 Å². The Hall–Kier alpha value is -1.43.